The molecule has 0 aromatic rings. The molecule has 0 N–H and O–H groups in total. The lowest BCUT2D eigenvalue weighted by molar-refractivity contribution is -0.118. The van der Waals surface area contributed by atoms with Gasteiger partial charge in [0, 0.05) is 25.5 Å². The number of rotatable bonds is 6. The number of ketones is 1. The number of hydrogen-bond donors (Lipinski definition) is 0. The minimum Gasteiger partial charge on any atom is -0.384 e. The van der Waals surface area contributed by atoms with E-state index in [-0.39, 0.29) is 0 Å². The van der Waals surface area contributed by atoms with Gasteiger partial charge in [0.05, 0.1) is 6.61 Å². The summed E-state index contributed by atoms with van der Waals surface area (Å²) in [5.74, 6) is 0.989. The van der Waals surface area contributed by atoms with Crippen molar-refractivity contribution in [1.82, 2.24) is 4.90 Å². The Morgan fingerprint density at radius 2 is 1.80 bits per heavy atom. The van der Waals surface area contributed by atoms with Crippen LogP contribution in [0.4, 0.5) is 0 Å². The Hall–Kier alpha value is -0.410. The molecular weight excluding hydrogens is 250 g/mol. The van der Waals surface area contributed by atoms with Gasteiger partial charge in [0.15, 0.2) is 0 Å². The summed E-state index contributed by atoms with van der Waals surface area (Å²) in [7, 11) is 1.80. The molecule has 0 unspecified atom stereocenters. The van der Waals surface area contributed by atoms with Crippen molar-refractivity contribution < 1.29 is 9.53 Å². The van der Waals surface area contributed by atoms with Gasteiger partial charge >= 0.3 is 0 Å². The van der Waals surface area contributed by atoms with Crippen LogP contribution in [0.5, 0.6) is 0 Å². The van der Waals surface area contributed by atoms with E-state index in [4.69, 9.17) is 4.74 Å². The molecule has 118 valence electrons. The molecule has 1 saturated carbocycles. The zero-order chi connectivity index (χ0) is 15.0. The normalized spacial score (nSPS) is 22.0. The maximum atomic E-state index is 11.1. The zero-order valence-electron chi connectivity index (χ0n) is 13.9. The minimum absolute atomic E-state index is 0.349. The lowest BCUT2D eigenvalue weighted by Crippen LogP contribution is -2.39. The van der Waals surface area contributed by atoms with Gasteiger partial charge in [0.25, 0.3) is 0 Å². The molecule has 0 atom stereocenters. The van der Waals surface area contributed by atoms with Crippen molar-refractivity contribution >= 4 is 5.78 Å². The van der Waals surface area contributed by atoms with E-state index in [9.17, 15) is 4.79 Å². The Bertz CT molecular complexity index is 279. The quantitative estimate of drug-likeness (QED) is 0.747. The van der Waals surface area contributed by atoms with Crippen molar-refractivity contribution in [2.45, 2.75) is 59.3 Å². The molecular formula is C17H33NO2. The standard InChI is InChI=1S/C14H25NO2.C3H8/c1-12(16)9-13-3-7-15(8-4-13)10-14(5-6-14)11-17-2;1-3-2/h13H,3-11H2,1-2H3;3H2,1-2H3. The Kier molecular flexibility index (Phi) is 7.75. The molecule has 0 bridgehead atoms. The van der Waals surface area contributed by atoms with E-state index in [2.05, 4.69) is 18.7 Å². The summed E-state index contributed by atoms with van der Waals surface area (Å²) in [4.78, 5) is 13.7. The van der Waals surface area contributed by atoms with Crippen LogP contribution in [0.3, 0.4) is 0 Å². The number of methoxy groups -OCH3 is 1. The van der Waals surface area contributed by atoms with Gasteiger partial charge in [-0.05, 0) is 51.6 Å². The van der Waals surface area contributed by atoms with Gasteiger partial charge in [0.1, 0.15) is 5.78 Å². The third-order valence-electron chi connectivity index (χ3n) is 4.25. The summed E-state index contributed by atoms with van der Waals surface area (Å²) in [6.45, 7) is 10.4. The fraction of sp³-hybridized carbons (Fsp3) is 0.941. The Morgan fingerprint density at radius 1 is 1.25 bits per heavy atom. The lowest BCUT2D eigenvalue weighted by atomic mass is 9.91. The van der Waals surface area contributed by atoms with Crippen molar-refractivity contribution in [3.8, 4) is 0 Å². The first-order valence-electron chi connectivity index (χ1n) is 8.26. The summed E-state index contributed by atoms with van der Waals surface area (Å²) in [5.41, 5.74) is 0.474. The summed E-state index contributed by atoms with van der Waals surface area (Å²) in [6.07, 6.45) is 7.09. The van der Waals surface area contributed by atoms with Gasteiger partial charge in [-0.1, -0.05) is 20.3 Å². The second-order valence-electron chi connectivity index (χ2n) is 6.77. The summed E-state index contributed by atoms with van der Waals surface area (Å²) < 4.78 is 5.31. The highest BCUT2D eigenvalue weighted by molar-refractivity contribution is 5.75. The van der Waals surface area contributed by atoms with E-state index in [0.29, 0.717) is 17.1 Å². The average Bonchev–Trinajstić information content (AvgIpc) is 3.12. The second kappa shape index (κ2) is 8.78. The highest BCUT2D eigenvalue weighted by Gasteiger charge is 2.44. The van der Waals surface area contributed by atoms with Crippen LogP contribution in [-0.2, 0) is 9.53 Å². The number of likely N-dealkylation sites (tertiary alicyclic amines) is 1. The number of hydrogen-bond acceptors (Lipinski definition) is 3. The van der Waals surface area contributed by atoms with E-state index >= 15 is 0 Å². The smallest absolute Gasteiger partial charge is 0.130 e. The average molecular weight is 283 g/mol. The number of ether oxygens (including phenoxy) is 1. The molecule has 0 amide bonds. The molecule has 20 heavy (non-hydrogen) atoms. The molecule has 2 aliphatic rings. The van der Waals surface area contributed by atoms with E-state index < -0.39 is 0 Å². The van der Waals surface area contributed by atoms with Gasteiger partial charge in [-0.2, -0.15) is 0 Å². The molecule has 1 heterocycles. The number of carbonyl (C=O) groups excluding carboxylic acids is 1. The molecule has 0 spiro atoms. The third kappa shape index (κ3) is 6.36. The molecule has 3 nitrogen and oxygen atoms in total. The molecule has 0 aromatic carbocycles. The zero-order valence-corrected chi connectivity index (χ0v) is 13.9. The van der Waals surface area contributed by atoms with E-state index in [0.717, 1.165) is 13.0 Å². The molecule has 1 aliphatic carbocycles. The Morgan fingerprint density at radius 3 is 2.20 bits per heavy atom. The Labute approximate surface area is 125 Å². The third-order valence-corrected chi connectivity index (χ3v) is 4.25. The first kappa shape index (κ1) is 17.6. The maximum absolute atomic E-state index is 11.1. The van der Waals surface area contributed by atoms with Gasteiger partial charge in [0.2, 0.25) is 0 Å². The van der Waals surface area contributed by atoms with Crippen LogP contribution in [0.2, 0.25) is 0 Å². The topological polar surface area (TPSA) is 29.5 Å². The van der Waals surface area contributed by atoms with Gasteiger partial charge in [-0.25, -0.2) is 0 Å². The number of Topliss-reactive ketones (excluding diaryl/α,β-unsaturated/α-hetero) is 1. The SMILES string of the molecule is CCC.COCC1(CN2CCC(CC(C)=O)CC2)CC1. The number of nitrogens with zero attached hydrogens (tertiary/aromatic N) is 1. The first-order chi connectivity index (χ1) is 9.55. The van der Waals surface area contributed by atoms with Crippen molar-refractivity contribution in [2.24, 2.45) is 11.3 Å². The fourth-order valence-electron chi connectivity index (χ4n) is 3.06. The van der Waals surface area contributed by atoms with E-state index in [1.807, 2.05) is 0 Å². The molecule has 2 fully saturated rings. The predicted octanol–water partition coefficient (Wildman–Crippen LogP) is 3.52. The van der Waals surface area contributed by atoms with Gasteiger partial charge in [-0.15, -0.1) is 0 Å². The predicted molar refractivity (Wildman–Crippen MR) is 84.0 cm³/mol. The molecule has 3 heteroatoms. The van der Waals surface area contributed by atoms with Crippen molar-refractivity contribution in [1.29, 1.82) is 0 Å². The largest absolute Gasteiger partial charge is 0.384 e. The monoisotopic (exact) mass is 283 g/mol. The minimum atomic E-state index is 0.349. The van der Waals surface area contributed by atoms with Gasteiger partial charge < -0.3 is 14.4 Å². The highest BCUT2D eigenvalue weighted by atomic mass is 16.5. The van der Waals surface area contributed by atoms with Crippen LogP contribution in [0.15, 0.2) is 0 Å². The molecule has 0 aromatic heterocycles. The van der Waals surface area contributed by atoms with Crippen LogP contribution >= 0.6 is 0 Å². The van der Waals surface area contributed by atoms with Crippen LogP contribution in [0.1, 0.15) is 59.3 Å². The molecule has 1 saturated heterocycles. The molecule has 0 radical (unpaired) electrons. The maximum Gasteiger partial charge on any atom is 0.130 e. The van der Waals surface area contributed by atoms with Crippen LogP contribution in [0.25, 0.3) is 0 Å². The summed E-state index contributed by atoms with van der Waals surface area (Å²) >= 11 is 0. The lowest BCUT2D eigenvalue weighted by Gasteiger charge is -2.34. The van der Waals surface area contributed by atoms with E-state index in [1.165, 1.54) is 51.7 Å². The highest BCUT2D eigenvalue weighted by Crippen LogP contribution is 2.46. The van der Waals surface area contributed by atoms with Crippen molar-refractivity contribution in [3.05, 3.63) is 0 Å². The molecule has 2 rings (SSSR count). The van der Waals surface area contributed by atoms with Gasteiger partial charge in [-0.3, -0.25) is 0 Å². The van der Waals surface area contributed by atoms with Crippen molar-refractivity contribution in [3.63, 3.8) is 0 Å². The second-order valence-corrected chi connectivity index (χ2v) is 6.77. The number of carbonyl (C=O) groups is 1. The van der Waals surface area contributed by atoms with Crippen molar-refractivity contribution in [2.75, 3.05) is 33.4 Å². The Balaban J connectivity index is 0.000000612. The fourth-order valence-corrected chi connectivity index (χ4v) is 3.06. The van der Waals surface area contributed by atoms with Crippen LogP contribution < -0.4 is 0 Å². The summed E-state index contributed by atoms with van der Waals surface area (Å²) in [5, 5.41) is 0. The van der Waals surface area contributed by atoms with Crippen LogP contribution in [-0.4, -0.2) is 44.0 Å². The molecule has 1 aliphatic heterocycles. The van der Waals surface area contributed by atoms with E-state index in [1.54, 1.807) is 14.0 Å². The number of piperidine rings is 1. The van der Waals surface area contributed by atoms with Crippen LogP contribution in [0, 0.1) is 11.3 Å². The first-order valence-corrected chi connectivity index (χ1v) is 8.26. The summed E-state index contributed by atoms with van der Waals surface area (Å²) in [6, 6.07) is 0.